The Morgan fingerprint density at radius 2 is 2.20 bits per heavy atom. The lowest BCUT2D eigenvalue weighted by molar-refractivity contribution is -0.123. The van der Waals surface area contributed by atoms with Gasteiger partial charge in [-0.2, -0.15) is 5.10 Å². The third-order valence-corrected chi connectivity index (χ3v) is 4.20. The van der Waals surface area contributed by atoms with E-state index in [0.717, 1.165) is 15.7 Å². The van der Waals surface area contributed by atoms with Crippen LogP contribution in [0.15, 0.2) is 51.6 Å². The minimum atomic E-state index is 0.0464. The Morgan fingerprint density at radius 1 is 1.50 bits per heavy atom. The van der Waals surface area contributed by atoms with Crippen LogP contribution < -0.4 is 0 Å². The van der Waals surface area contributed by atoms with E-state index < -0.39 is 0 Å². The SMILES string of the molecule is C=CCN1C(=O)CSC1=NN=C(C)c1ccc(Br)cc1. The van der Waals surface area contributed by atoms with E-state index in [-0.39, 0.29) is 5.91 Å². The maximum Gasteiger partial charge on any atom is 0.239 e. The van der Waals surface area contributed by atoms with E-state index in [4.69, 9.17) is 0 Å². The van der Waals surface area contributed by atoms with Crippen LogP contribution >= 0.6 is 27.7 Å². The number of hydrogen-bond donors (Lipinski definition) is 0. The summed E-state index contributed by atoms with van der Waals surface area (Å²) in [4.78, 5) is 13.2. The average Bonchev–Trinajstić information content (AvgIpc) is 2.79. The van der Waals surface area contributed by atoms with Gasteiger partial charge in [0.2, 0.25) is 5.91 Å². The third kappa shape index (κ3) is 3.58. The lowest BCUT2D eigenvalue weighted by Crippen LogP contribution is -2.29. The monoisotopic (exact) mass is 351 g/mol. The molecule has 1 aromatic rings. The molecule has 6 heteroatoms. The van der Waals surface area contributed by atoms with Crippen LogP contribution in [0.2, 0.25) is 0 Å². The number of rotatable bonds is 4. The molecule has 1 aliphatic rings. The van der Waals surface area contributed by atoms with Gasteiger partial charge in [-0.15, -0.1) is 11.7 Å². The molecule has 1 aromatic carbocycles. The second-order valence-corrected chi connectivity index (χ2v) is 6.01. The molecule has 4 nitrogen and oxygen atoms in total. The van der Waals surface area contributed by atoms with Gasteiger partial charge in [-0.05, 0) is 24.6 Å². The molecule has 0 saturated carbocycles. The zero-order chi connectivity index (χ0) is 14.5. The van der Waals surface area contributed by atoms with Crippen molar-refractivity contribution >= 4 is 44.5 Å². The van der Waals surface area contributed by atoms with Crippen molar-refractivity contribution in [1.82, 2.24) is 4.90 Å². The molecular formula is C14H14BrN3OS. The van der Waals surface area contributed by atoms with Gasteiger partial charge in [0.1, 0.15) is 0 Å². The van der Waals surface area contributed by atoms with Gasteiger partial charge in [0.05, 0.1) is 11.5 Å². The largest absolute Gasteiger partial charge is 0.285 e. The molecule has 1 aliphatic heterocycles. The van der Waals surface area contributed by atoms with Gasteiger partial charge in [-0.3, -0.25) is 9.69 Å². The van der Waals surface area contributed by atoms with Gasteiger partial charge in [-0.25, -0.2) is 0 Å². The summed E-state index contributed by atoms with van der Waals surface area (Å²) >= 11 is 4.80. The number of halogens is 1. The summed E-state index contributed by atoms with van der Waals surface area (Å²) in [7, 11) is 0. The lowest BCUT2D eigenvalue weighted by atomic mass is 10.1. The highest BCUT2D eigenvalue weighted by atomic mass is 79.9. The van der Waals surface area contributed by atoms with E-state index in [1.54, 1.807) is 11.0 Å². The van der Waals surface area contributed by atoms with Gasteiger partial charge in [0, 0.05) is 11.0 Å². The second kappa shape index (κ2) is 6.85. The van der Waals surface area contributed by atoms with E-state index in [1.165, 1.54) is 11.8 Å². The van der Waals surface area contributed by atoms with E-state index in [9.17, 15) is 4.79 Å². The average molecular weight is 352 g/mol. The molecule has 0 atom stereocenters. The molecule has 0 N–H and O–H groups in total. The zero-order valence-corrected chi connectivity index (χ0v) is 13.4. The Bertz CT molecular complexity index is 581. The summed E-state index contributed by atoms with van der Waals surface area (Å²) in [6, 6.07) is 7.85. The van der Waals surface area contributed by atoms with Crippen LogP contribution in [-0.4, -0.2) is 34.0 Å². The number of thioether (sulfide) groups is 1. The van der Waals surface area contributed by atoms with E-state index in [1.807, 2.05) is 31.2 Å². The van der Waals surface area contributed by atoms with E-state index >= 15 is 0 Å². The van der Waals surface area contributed by atoms with Crippen molar-refractivity contribution < 1.29 is 4.79 Å². The number of amides is 1. The second-order valence-electron chi connectivity index (χ2n) is 4.16. The minimum absolute atomic E-state index is 0.0464. The Balaban J connectivity index is 2.17. The molecule has 2 rings (SSSR count). The highest BCUT2D eigenvalue weighted by molar-refractivity contribution is 9.10. The Kier molecular flexibility index (Phi) is 5.14. The highest BCUT2D eigenvalue weighted by Crippen LogP contribution is 2.19. The molecule has 1 fully saturated rings. The summed E-state index contributed by atoms with van der Waals surface area (Å²) in [5, 5.41) is 9.03. The van der Waals surface area contributed by atoms with Crippen LogP contribution in [0.5, 0.6) is 0 Å². The summed E-state index contributed by atoms with van der Waals surface area (Å²) in [5.74, 6) is 0.463. The van der Waals surface area contributed by atoms with E-state index in [0.29, 0.717) is 17.5 Å². The smallest absolute Gasteiger partial charge is 0.239 e. The van der Waals surface area contributed by atoms with Crippen LogP contribution in [0.4, 0.5) is 0 Å². The minimum Gasteiger partial charge on any atom is -0.285 e. The van der Waals surface area contributed by atoms with Crippen molar-refractivity contribution in [2.45, 2.75) is 6.92 Å². The molecule has 20 heavy (non-hydrogen) atoms. The van der Waals surface area contributed by atoms with Crippen molar-refractivity contribution in [2.75, 3.05) is 12.3 Å². The fraction of sp³-hybridized carbons (Fsp3) is 0.214. The third-order valence-electron chi connectivity index (χ3n) is 2.72. The van der Waals surface area contributed by atoms with Crippen LogP contribution in [0.1, 0.15) is 12.5 Å². The molecule has 104 valence electrons. The lowest BCUT2D eigenvalue weighted by Gasteiger charge is -2.11. The van der Waals surface area contributed by atoms with Crippen molar-refractivity contribution in [3.05, 3.63) is 47.0 Å². The Labute approximate surface area is 130 Å². The first-order valence-corrected chi connectivity index (χ1v) is 7.82. The number of amidine groups is 1. The van der Waals surface area contributed by atoms with Gasteiger partial charge in [-0.1, -0.05) is 45.9 Å². The number of carbonyl (C=O) groups excluding carboxylic acids is 1. The van der Waals surface area contributed by atoms with Crippen LogP contribution in [0, 0.1) is 0 Å². The first kappa shape index (κ1) is 15.0. The summed E-state index contributed by atoms with van der Waals surface area (Å²) in [6.45, 7) is 6.01. The molecule has 1 heterocycles. The molecule has 0 spiro atoms. The predicted molar refractivity (Wildman–Crippen MR) is 88.2 cm³/mol. The van der Waals surface area contributed by atoms with Gasteiger partial charge < -0.3 is 0 Å². The van der Waals surface area contributed by atoms with Crippen molar-refractivity contribution in [1.29, 1.82) is 0 Å². The predicted octanol–water partition coefficient (Wildman–Crippen LogP) is 3.29. The summed E-state index contributed by atoms with van der Waals surface area (Å²) in [6.07, 6.45) is 1.69. The van der Waals surface area contributed by atoms with Crippen molar-refractivity contribution in [3.63, 3.8) is 0 Å². The van der Waals surface area contributed by atoms with Crippen LogP contribution in [-0.2, 0) is 4.79 Å². The molecule has 0 aliphatic carbocycles. The zero-order valence-electron chi connectivity index (χ0n) is 11.0. The van der Waals surface area contributed by atoms with E-state index in [2.05, 4.69) is 32.7 Å². The summed E-state index contributed by atoms with van der Waals surface area (Å²) < 4.78 is 1.02. The molecular weight excluding hydrogens is 338 g/mol. The standard InChI is InChI=1S/C14H14BrN3OS/c1-3-8-18-13(19)9-20-14(18)17-16-10(2)11-4-6-12(15)7-5-11/h3-7H,1,8-9H2,2H3. The van der Waals surface area contributed by atoms with Gasteiger partial charge in [0.25, 0.3) is 0 Å². The topological polar surface area (TPSA) is 45.0 Å². The summed E-state index contributed by atoms with van der Waals surface area (Å²) in [5.41, 5.74) is 1.81. The highest BCUT2D eigenvalue weighted by Gasteiger charge is 2.27. The quantitative estimate of drug-likeness (QED) is 0.474. The van der Waals surface area contributed by atoms with Gasteiger partial charge >= 0.3 is 0 Å². The fourth-order valence-electron chi connectivity index (χ4n) is 1.65. The first-order valence-electron chi connectivity index (χ1n) is 6.04. The maximum atomic E-state index is 11.6. The maximum absolute atomic E-state index is 11.6. The normalized spacial score (nSPS) is 17.9. The van der Waals surface area contributed by atoms with Crippen LogP contribution in [0.25, 0.3) is 0 Å². The van der Waals surface area contributed by atoms with Crippen LogP contribution in [0.3, 0.4) is 0 Å². The Morgan fingerprint density at radius 3 is 2.85 bits per heavy atom. The molecule has 0 radical (unpaired) electrons. The van der Waals surface area contributed by atoms with Crippen molar-refractivity contribution in [3.8, 4) is 0 Å². The number of carbonyl (C=O) groups is 1. The molecule has 0 bridgehead atoms. The van der Waals surface area contributed by atoms with Crippen molar-refractivity contribution in [2.24, 2.45) is 10.2 Å². The fourth-order valence-corrected chi connectivity index (χ4v) is 2.75. The number of nitrogens with zero attached hydrogens (tertiary/aromatic N) is 3. The number of benzene rings is 1. The molecule has 0 aromatic heterocycles. The van der Waals surface area contributed by atoms with Gasteiger partial charge in [0.15, 0.2) is 5.17 Å². The Hall–Kier alpha value is -1.40. The molecule has 0 unspecified atom stereocenters. The number of hydrogen-bond acceptors (Lipinski definition) is 4. The first-order chi connectivity index (χ1) is 9.61. The molecule has 1 saturated heterocycles. The molecule has 1 amide bonds.